The molecule has 0 amide bonds. The first-order valence-electron chi connectivity index (χ1n) is 7.70. The van der Waals surface area contributed by atoms with Crippen LogP contribution in [0.5, 0.6) is 0 Å². The third kappa shape index (κ3) is 5.46. The molecule has 0 aromatic carbocycles. The van der Waals surface area contributed by atoms with E-state index < -0.39 is 26.8 Å². The van der Waals surface area contributed by atoms with Crippen LogP contribution >= 0.6 is 15.2 Å². The summed E-state index contributed by atoms with van der Waals surface area (Å²) < 4.78 is 23.3. The lowest BCUT2D eigenvalue weighted by molar-refractivity contribution is -0.227. The molecule has 0 aliphatic carbocycles. The van der Waals surface area contributed by atoms with E-state index in [1.54, 1.807) is 0 Å². The Hall–Kier alpha value is -0.600. The van der Waals surface area contributed by atoms with Gasteiger partial charge >= 0.3 is 0 Å². The highest BCUT2D eigenvalue weighted by Crippen LogP contribution is 2.63. The van der Waals surface area contributed by atoms with Crippen molar-refractivity contribution >= 4 is 15.2 Å². The van der Waals surface area contributed by atoms with Crippen LogP contribution < -0.4 is 9.79 Å². The smallest absolute Gasteiger partial charge is 0.211 e. The number of hydrogen-bond acceptors (Lipinski definition) is 7. The largest absolute Gasteiger partial charge is 0.776 e. The molecule has 0 radical (unpaired) electrons. The monoisotopic (exact) mass is 383 g/mol. The zero-order valence-corrected chi connectivity index (χ0v) is 15.2. The van der Waals surface area contributed by atoms with Gasteiger partial charge in [0.1, 0.15) is 0 Å². The molecule has 1 heterocycles. The second kappa shape index (κ2) is 8.67. The van der Waals surface area contributed by atoms with Crippen LogP contribution in [0.2, 0.25) is 0 Å². The average Bonchev–Trinajstić information content (AvgIpc) is 2.87. The molecule has 140 valence electrons. The molecule has 1 aromatic heterocycles. The maximum atomic E-state index is 11.2. The minimum atomic E-state index is -5.82. The number of rotatable bonds is 11. The van der Waals surface area contributed by atoms with Crippen molar-refractivity contribution in [1.29, 1.82) is 0 Å². The standard InChI is InChI=1S/C12H25N3O7P2/c1-2-3-4-5-6-7-8-11-9-13-14-15(11)10-12(16,23(17,18)19)24(20,21)22/h9,16H,2-8,10H2,1H3,(H2,17,18,19)(H2,20,21,22)/p-2. The highest BCUT2D eigenvalue weighted by Gasteiger charge is 2.48. The van der Waals surface area contributed by atoms with Crippen molar-refractivity contribution in [2.45, 2.75) is 63.5 Å². The van der Waals surface area contributed by atoms with Crippen LogP contribution in [0.25, 0.3) is 0 Å². The minimum absolute atomic E-state index is 0.394. The molecule has 0 bridgehead atoms. The summed E-state index contributed by atoms with van der Waals surface area (Å²) in [6, 6.07) is 0. The molecule has 2 atom stereocenters. The molecule has 0 aliphatic rings. The molecule has 3 N–H and O–H groups in total. The summed E-state index contributed by atoms with van der Waals surface area (Å²) in [6.07, 6.45) is 7.86. The van der Waals surface area contributed by atoms with Crippen molar-refractivity contribution in [3.8, 4) is 0 Å². The molecular weight excluding hydrogens is 360 g/mol. The lowest BCUT2D eigenvalue weighted by Gasteiger charge is -2.41. The van der Waals surface area contributed by atoms with Crippen molar-refractivity contribution in [3.05, 3.63) is 11.9 Å². The third-order valence-electron chi connectivity index (χ3n) is 3.75. The van der Waals surface area contributed by atoms with Crippen LogP contribution in [0.3, 0.4) is 0 Å². The molecule has 0 saturated carbocycles. The first kappa shape index (κ1) is 21.4. The van der Waals surface area contributed by atoms with Gasteiger partial charge in [0, 0.05) is 0 Å². The quantitative estimate of drug-likeness (QED) is 0.349. The molecule has 10 nitrogen and oxygen atoms in total. The Morgan fingerprint density at radius 2 is 1.67 bits per heavy atom. The zero-order valence-electron chi connectivity index (χ0n) is 13.4. The summed E-state index contributed by atoms with van der Waals surface area (Å²) in [6.45, 7) is 0.948. The molecule has 0 aliphatic heterocycles. The van der Waals surface area contributed by atoms with E-state index in [9.17, 15) is 24.0 Å². The Morgan fingerprint density at radius 3 is 2.21 bits per heavy atom. The lowest BCUT2D eigenvalue weighted by Crippen LogP contribution is -2.41. The van der Waals surface area contributed by atoms with Crippen LogP contribution in [0.15, 0.2) is 6.20 Å². The van der Waals surface area contributed by atoms with Crippen LogP contribution in [0, 0.1) is 0 Å². The van der Waals surface area contributed by atoms with E-state index in [0.717, 1.165) is 43.2 Å². The summed E-state index contributed by atoms with van der Waals surface area (Å²) in [5, 5.41) is 13.1. The Balaban J connectivity index is 2.77. The van der Waals surface area contributed by atoms with Gasteiger partial charge in [0.15, 0.2) is 15.2 Å². The average molecular weight is 383 g/mol. The van der Waals surface area contributed by atoms with Gasteiger partial charge in [-0.25, -0.2) is 4.68 Å². The Morgan fingerprint density at radius 1 is 1.12 bits per heavy atom. The second-order valence-electron chi connectivity index (χ2n) is 5.72. The van der Waals surface area contributed by atoms with Gasteiger partial charge in [-0.3, -0.25) is 0 Å². The number of unbranched alkanes of at least 4 members (excludes halogenated alkanes) is 5. The molecule has 0 spiro atoms. The number of hydrogen-bond donors (Lipinski definition) is 3. The molecule has 0 fully saturated rings. The van der Waals surface area contributed by atoms with Crippen molar-refractivity contribution in [2.75, 3.05) is 0 Å². The number of aryl methyl sites for hydroxylation is 1. The van der Waals surface area contributed by atoms with Gasteiger partial charge in [0.05, 0.1) is 18.4 Å². The van der Waals surface area contributed by atoms with Gasteiger partial charge in [-0.1, -0.05) is 44.2 Å². The van der Waals surface area contributed by atoms with Crippen LogP contribution in [-0.2, 0) is 22.1 Å². The fourth-order valence-corrected chi connectivity index (χ4v) is 4.13. The first-order valence-corrected chi connectivity index (χ1v) is 10.9. The summed E-state index contributed by atoms with van der Waals surface area (Å²) in [5.41, 5.74) is 0.394. The van der Waals surface area contributed by atoms with Gasteiger partial charge in [-0.15, -0.1) is 5.10 Å². The van der Waals surface area contributed by atoms with Gasteiger partial charge in [-0.2, -0.15) is 0 Å². The number of aromatic nitrogens is 3. The molecule has 24 heavy (non-hydrogen) atoms. The number of nitrogens with zero attached hydrogens (tertiary/aromatic N) is 3. The normalized spacial score (nSPS) is 19.4. The fraction of sp³-hybridized carbons (Fsp3) is 0.833. The van der Waals surface area contributed by atoms with Crippen molar-refractivity contribution < 1.29 is 33.8 Å². The highest BCUT2D eigenvalue weighted by atomic mass is 31.2. The third-order valence-corrected chi connectivity index (χ3v) is 7.36. The predicted octanol–water partition coefficient (Wildman–Crippen LogP) is -0.0814. The summed E-state index contributed by atoms with van der Waals surface area (Å²) >= 11 is 0. The van der Waals surface area contributed by atoms with E-state index in [1.807, 2.05) is 0 Å². The van der Waals surface area contributed by atoms with Gasteiger partial charge in [-0.05, 0) is 12.8 Å². The lowest BCUT2D eigenvalue weighted by atomic mass is 10.1. The topological polar surface area (TPSA) is 172 Å². The van der Waals surface area contributed by atoms with Crippen molar-refractivity contribution in [1.82, 2.24) is 15.0 Å². The highest BCUT2D eigenvalue weighted by molar-refractivity contribution is 7.70. The van der Waals surface area contributed by atoms with E-state index in [1.165, 1.54) is 6.20 Å². The molecule has 1 aromatic rings. The molecule has 0 saturated heterocycles. The van der Waals surface area contributed by atoms with E-state index in [4.69, 9.17) is 9.79 Å². The van der Waals surface area contributed by atoms with Crippen LogP contribution in [0.4, 0.5) is 0 Å². The zero-order chi connectivity index (χ0) is 18.4. The summed E-state index contributed by atoms with van der Waals surface area (Å²) in [7, 11) is -11.6. The predicted molar refractivity (Wildman–Crippen MR) is 81.7 cm³/mol. The maximum Gasteiger partial charge on any atom is 0.211 e. The molecule has 1 rings (SSSR count). The summed E-state index contributed by atoms with van der Waals surface area (Å²) in [5.74, 6) is 0. The minimum Gasteiger partial charge on any atom is -0.776 e. The van der Waals surface area contributed by atoms with Gasteiger partial charge < -0.3 is 33.8 Å². The first-order chi connectivity index (χ1) is 11.0. The van der Waals surface area contributed by atoms with Crippen molar-refractivity contribution in [3.63, 3.8) is 0 Å². The Bertz CT molecular complexity index is 588. The van der Waals surface area contributed by atoms with Crippen LogP contribution in [-0.4, -0.2) is 35.0 Å². The molecule has 2 unspecified atom stereocenters. The van der Waals surface area contributed by atoms with Crippen LogP contribution in [0.1, 0.15) is 51.1 Å². The van der Waals surface area contributed by atoms with Gasteiger partial charge in [0.2, 0.25) is 5.08 Å². The molecule has 12 heteroatoms. The SMILES string of the molecule is CCCCCCCCc1cnnn1CC(O)(P(=O)([O-])O)P(=O)([O-])O. The van der Waals surface area contributed by atoms with E-state index in [0.29, 0.717) is 12.1 Å². The van der Waals surface area contributed by atoms with Crippen molar-refractivity contribution in [2.24, 2.45) is 0 Å². The van der Waals surface area contributed by atoms with E-state index >= 15 is 0 Å². The van der Waals surface area contributed by atoms with E-state index in [2.05, 4.69) is 17.2 Å². The second-order valence-corrected chi connectivity index (χ2v) is 9.63. The maximum absolute atomic E-state index is 11.2. The summed E-state index contributed by atoms with van der Waals surface area (Å²) in [4.78, 5) is 40.5. The molecular formula is C12H23N3O7P2-2. The fourth-order valence-electron chi connectivity index (χ4n) is 2.23. The Labute approximate surface area is 140 Å². The van der Waals surface area contributed by atoms with E-state index in [-0.39, 0.29) is 0 Å². The van der Waals surface area contributed by atoms with Gasteiger partial charge in [0.25, 0.3) is 0 Å². The Kier molecular flexibility index (Phi) is 7.75. The number of aliphatic hydroxyl groups is 1.